The van der Waals surface area contributed by atoms with Crippen LogP contribution in [-0.2, 0) is 9.53 Å². The molecule has 0 aromatic heterocycles. The van der Waals surface area contributed by atoms with E-state index in [1.165, 1.54) is 17.9 Å². The van der Waals surface area contributed by atoms with Crippen LogP contribution in [0.15, 0.2) is 18.2 Å². The smallest absolute Gasteiger partial charge is 0.414 e. The Balaban J connectivity index is 1.64. The lowest BCUT2D eigenvalue weighted by Crippen LogP contribution is -2.33. The summed E-state index contributed by atoms with van der Waals surface area (Å²) in [4.78, 5) is 26.5. The number of piperidine rings is 1. The number of cyclic esters (lactones) is 1. The monoisotopic (exact) mass is 374 g/mol. The van der Waals surface area contributed by atoms with Crippen LogP contribution < -0.4 is 10.2 Å². The lowest BCUT2D eigenvalue weighted by molar-refractivity contribution is -0.119. The number of halogens is 1. The number of nitrogens with zero attached hydrogens (tertiary/aromatic N) is 3. The first kappa shape index (κ1) is 19.1. The largest absolute Gasteiger partial charge is 0.442 e. The number of hydrogen-bond acceptors (Lipinski definition) is 5. The number of rotatable bonds is 5. The summed E-state index contributed by atoms with van der Waals surface area (Å²) >= 11 is 0. The molecule has 1 aromatic rings. The molecule has 2 saturated heterocycles. The first-order valence-electron chi connectivity index (χ1n) is 9.09. The quantitative estimate of drug-likeness (QED) is 0.797. The predicted molar refractivity (Wildman–Crippen MR) is 96.7 cm³/mol. The molecular formula is C19H23FN4O3. The average Bonchev–Trinajstić information content (AvgIpc) is 3.02. The van der Waals surface area contributed by atoms with Crippen LogP contribution in [-0.4, -0.2) is 55.7 Å². The van der Waals surface area contributed by atoms with Crippen molar-refractivity contribution in [3.63, 3.8) is 0 Å². The molecule has 144 valence electrons. The minimum absolute atomic E-state index is 0.118. The van der Waals surface area contributed by atoms with E-state index in [0.29, 0.717) is 17.8 Å². The molecule has 1 aromatic carbocycles. The zero-order chi connectivity index (χ0) is 19.4. The summed E-state index contributed by atoms with van der Waals surface area (Å²) in [6.07, 6.45) is 0.626. The highest BCUT2D eigenvalue weighted by Gasteiger charge is 2.33. The molecule has 1 unspecified atom stereocenters. The third-order valence-corrected chi connectivity index (χ3v) is 5.07. The number of benzene rings is 1. The molecule has 27 heavy (non-hydrogen) atoms. The van der Waals surface area contributed by atoms with E-state index in [0.717, 1.165) is 25.9 Å². The van der Waals surface area contributed by atoms with E-state index in [1.807, 2.05) is 0 Å². The van der Waals surface area contributed by atoms with Crippen LogP contribution in [0.1, 0.15) is 31.2 Å². The highest BCUT2D eigenvalue weighted by Crippen LogP contribution is 2.32. The summed E-state index contributed by atoms with van der Waals surface area (Å²) in [6, 6.07) is 7.00. The fourth-order valence-corrected chi connectivity index (χ4v) is 3.61. The lowest BCUT2D eigenvalue weighted by atomic mass is 9.89. The van der Waals surface area contributed by atoms with Crippen molar-refractivity contribution < 1.29 is 18.7 Å². The third-order valence-electron chi connectivity index (χ3n) is 5.07. The van der Waals surface area contributed by atoms with Crippen LogP contribution in [0.3, 0.4) is 0 Å². The zero-order valence-electron chi connectivity index (χ0n) is 15.3. The van der Waals surface area contributed by atoms with Gasteiger partial charge in [0.25, 0.3) is 0 Å². The Hall–Kier alpha value is -2.66. The zero-order valence-corrected chi connectivity index (χ0v) is 15.3. The molecular weight excluding hydrogens is 351 g/mol. The highest BCUT2D eigenvalue weighted by molar-refractivity contribution is 5.89. The van der Waals surface area contributed by atoms with Crippen molar-refractivity contribution in [2.75, 3.05) is 37.6 Å². The highest BCUT2D eigenvalue weighted by atomic mass is 19.1. The van der Waals surface area contributed by atoms with Crippen LogP contribution in [0, 0.1) is 17.1 Å². The summed E-state index contributed by atoms with van der Waals surface area (Å²) in [7, 11) is 0. The van der Waals surface area contributed by atoms with Gasteiger partial charge in [0, 0.05) is 6.92 Å². The van der Waals surface area contributed by atoms with Gasteiger partial charge in [0.1, 0.15) is 11.9 Å². The third kappa shape index (κ3) is 4.55. The topological polar surface area (TPSA) is 85.7 Å². The maximum absolute atomic E-state index is 14.7. The second-order valence-corrected chi connectivity index (χ2v) is 6.97. The normalized spacial score (nSPS) is 21.0. The number of likely N-dealkylation sites (tertiary alicyclic amines) is 1. The second kappa shape index (κ2) is 8.35. The number of anilines is 1. The van der Waals surface area contributed by atoms with Gasteiger partial charge in [-0.25, -0.2) is 9.18 Å². The van der Waals surface area contributed by atoms with Crippen LogP contribution >= 0.6 is 0 Å². The molecule has 2 aliphatic heterocycles. The van der Waals surface area contributed by atoms with Gasteiger partial charge in [-0.15, -0.1) is 0 Å². The number of ether oxygens (including phenoxy) is 1. The number of carbonyl (C=O) groups is 2. The molecule has 3 rings (SSSR count). The van der Waals surface area contributed by atoms with Crippen molar-refractivity contribution in [3.05, 3.63) is 29.6 Å². The van der Waals surface area contributed by atoms with Crippen molar-refractivity contribution in [1.82, 2.24) is 10.2 Å². The molecule has 0 radical (unpaired) electrons. The maximum Gasteiger partial charge on any atom is 0.414 e. The summed E-state index contributed by atoms with van der Waals surface area (Å²) in [5, 5.41) is 11.4. The Bertz CT molecular complexity index is 756. The fraction of sp³-hybridized carbons (Fsp3) is 0.526. The van der Waals surface area contributed by atoms with Gasteiger partial charge in [0.2, 0.25) is 5.91 Å². The number of amides is 2. The maximum atomic E-state index is 14.7. The molecule has 0 spiro atoms. The van der Waals surface area contributed by atoms with Gasteiger partial charge in [0.05, 0.1) is 31.4 Å². The van der Waals surface area contributed by atoms with Gasteiger partial charge in [-0.2, -0.15) is 5.26 Å². The van der Waals surface area contributed by atoms with E-state index in [-0.39, 0.29) is 30.7 Å². The summed E-state index contributed by atoms with van der Waals surface area (Å²) in [6.45, 7) is 3.87. The van der Waals surface area contributed by atoms with Gasteiger partial charge < -0.3 is 10.1 Å². The summed E-state index contributed by atoms with van der Waals surface area (Å²) in [5.41, 5.74) is 1.10. The van der Waals surface area contributed by atoms with Gasteiger partial charge in [-0.3, -0.25) is 14.6 Å². The van der Waals surface area contributed by atoms with Crippen molar-refractivity contribution in [1.29, 1.82) is 5.26 Å². The van der Waals surface area contributed by atoms with E-state index in [1.54, 1.807) is 12.1 Å². The minimum Gasteiger partial charge on any atom is -0.442 e. The van der Waals surface area contributed by atoms with E-state index >= 15 is 0 Å². The molecule has 7 nitrogen and oxygen atoms in total. The fourth-order valence-electron chi connectivity index (χ4n) is 3.61. The molecule has 0 saturated carbocycles. The molecule has 2 aliphatic rings. The van der Waals surface area contributed by atoms with Crippen molar-refractivity contribution in [3.8, 4) is 6.07 Å². The Morgan fingerprint density at radius 3 is 2.78 bits per heavy atom. The van der Waals surface area contributed by atoms with Crippen molar-refractivity contribution in [2.24, 2.45) is 0 Å². The predicted octanol–water partition coefficient (Wildman–Crippen LogP) is 1.99. The molecule has 2 amide bonds. The summed E-state index contributed by atoms with van der Waals surface area (Å²) < 4.78 is 19.9. The Morgan fingerprint density at radius 1 is 1.41 bits per heavy atom. The number of hydrogen-bond donors (Lipinski definition) is 1. The standard InChI is InChI=1S/C19H23FN4O3/c1-13(25)22-11-16-12-24(19(26)27-16)15-2-3-17(18(20)10-15)14-4-7-23(8-5-14)9-6-21/h2-3,10,14,16H,4-5,7-9,11-12H2,1H3,(H,22,25). The van der Waals surface area contributed by atoms with Gasteiger partial charge >= 0.3 is 6.09 Å². The van der Waals surface area contributed by atoms with Crippen LogP contribution in [0.2, 0.25) is 0 Å². The molecule has 1 atom stereocenters. The Labute approximate surface area is 157 Å². The molecule has 0 bridgehead atoms. The molecule has 2 fully saturated rings. The van der Waals surface area contributed by atoms with E-state index in [2.05, 4.69) is 16.3 Å². The SMILES string of the molecule is CC(=O)NCC1CN(c2ccc(C3CCN(CC#N)CC3)c(F)c2)C(=O)O1. The van der Waals surface area contributed by atoms with Gasteiger partial charge in [-0.05, 0) is 49.5 Å². The molecule has 0 aliphatic carbocycles. The number of carbonyl (C=O) groups excluding carboxylic acids is 2. The Morgan fingerprint density at radius 2 is 2.15 bits per heavy atom. The molecule has 2 heterocycles. The molecule has 8 heteroatoms. The Kier molecular flexibility index (Phi) is 5.91. The van der Waals surface area contributed by atoms with E-state index < -0.39 is 12.2 Å². The van der Waals surface area contributed by atoms with Crippen molar-refractivity contribution in [2.45, 2.75) is 31.8 Å². The first-order valence-corrected chi connectivity index (χ1v) is 9.09. The summed E-state index contributed by atoms with van der Waals surface area (Å²) in [5.74, 6) is -0.405. The van der Waals surface area contributed by atoms with Gasteiger partial charge in [-0.1, -0.05) is 6.07 Å². The van der Waals surface area contributed by atoms with E-state index in [4.69, 9.17) is 10.00 Å². The number of nitriles is 1. The van der Waals surface area contributed by atoms with Crippen LogP contribution in [0.25, 0.3) is 0 Å². The lowest BCUT2D eigenvalue weighted by Gasteiger charge is -2.30. The van der Waals surface area contributed by atoms with Crippen LogP contribution in [0.5, 0.6) is 0 Å². The molecule has 1 N–H and O–H groups in total. The van der Waals surface area contributed by atoms with Crippen LogP contribution in [0.4, 0.5) is 14.9 Å². The van der Waals surface area contributed by atoms with Gasteiger partial charge in [0.15, 0.2) is 0 Å². The second-order valence-electron chi connectivity index (χ2n) is 6.97. The van der Waals surface area contributed by atoms with E-state index in [9.17, 15) is 14.0 Å². The average molecular weight is 374 g/mol. The first-order chi connectivity index (χ1) is 13.0. The van der Waals surface area contributed by atoms with Crippen molar-refractivity contribution >= 4 is 17.7 Å². The minimum atomic E-state index is -0.540. The number of nitrogens with one attached hydrogen (secondary N) is 1.